The predicted molar refractivity (Wildman–Crippen MR) is 141 cm³/mol. The Morgan fingerprint density at radius 3 is 2.31 bits per heavy atom. The molecule has 1 heterocycles. The minimum absolute atomic E-state index is 0.0975. The van der Waals surface area contributed by atoms with Gasteiger partial charge in [0.25, 0.3) is 17.7 Å². The molecule has 12 nitrogen and oxygen atoms in total. The number of Topliss-reactive ketones (excluding diaryl/α,β-unsaturated/α-hetero) is 1. The molecule has 39 heavy (non-hydrogen) atoms. The Labute approximate surface area is 232 Å². The van der Waals surface area contributed by atoms with Crippen LogP contribution in [-0.2, 0) is 24.0 Å². The summed E-state index contributed by atoms with van der Waals surface area (Å²) in [6.07, 6.45) is 0.158. The molecule has 206 valence electrons. The van der Waals surface area contributed by atoms with Crippen molar-refractivity contribution in [3.63, 3.8) is 0 Å². The zero-order chi connectivity index (χ0) is 28.9. The third-order valence-corrected chi connectivity index (χ3v) is 6.31. The molecule has 0 aliphatic carbocycles. The summed E-state index contributed by atoms with van der Waals surface area (Å²) in [7, 11) is 0. The normalized spacial score (nSPS) is 15.6. The van der Waals surface area contributed by atoms with E-state index in [1.54, 1.807) is 12.1 Å². The lowest BCUT2D eigenvalue weighted by atomic mass is 10.1. The van der Waals surface area contributed by atoms with Crippen LogP contribution >= 0.6 is 23.2 Å². The largest absolute Gasteiger partial charge is 0.505 e. The maximum atomic E-state index is 13.7. The number of hydrogen-bond acceptors (Lipinski definition) is 8. The number of nitrogens with one attached hydrogen (secondary N) is 2. The van der Waals surface area contributed by atoms with E-state index < -0.39 is 61.2 Å². The zero-order valence-electron chi connectivity index (χ0n) is 20.5. The van der Waals surface area contributed by atoms with E-state index in [2.05, 4.69) is 10.6 Å². The van der Waals surface area contributed by atoms with E-state index in [4.69, 9.17) is 23.2 Å². The molecule has 0 saturated heterocycles. The maximum absolute atomic E-state index is 13.7. The fourth-order valence-electron chi connectivity index (χ4n) is 3.96. The molecule has 0 saturated carbocycles. The Balaban J connectivity index is 1.98. The average molecular weight is 579 g/mol. The molecule has 0 bridgehead atoms. The van der Waals surface area contributed by atoms with Gasteiger partial charge < -0.3 is 30.5 Å². The molecule has 4 amide bonds. The highest BCUT2D eigenvalue weighted by atomic mass is 35.5. The number of aliphatic hydroxyl groups is 1. The first-order chi connectivity index (χ1) is 18.5. The van der Waals surface area contributed by atoms with Crippen LogP contribution in [0.5, 0.6) is 5.75 Å². The summed E-state index contributed by atoms with van der Waals surface area (Å²) in [6.45, 7) is -0.674. The fourth-order valence-corrected chi connectivity index (χ4v) is 4.44. The van der Waals surface area contributed by atoms with Gasteiger partial charge in [0.2, 0.25) is 5.91 Å². The van der Waals surface area contributed by atoms with Crippen LogP contribution in [0.15, 0.2) is 36.4 Å². The number of phenols is 1. The highest BCUT2D eigenvalue weighted by Crippen LogP contribution is 2.34. The van der Waals surface area contributed by atoms with Crippen LogP contribution in [0.25, 0.3) is 0 Å². The number of benzene rings is 2. The summed E-state index contributed by atoms with van der Waals surface area (Å²) in [5.74, 6) is -3.94. The highest BCUT2D eigenvalue weighted by molar-refractivity contribution is 6.37. The molecule has 0 aromatic heterocycles. The molecular weight excluding hydrogens is 555 g/mol. The number of carbonyl (C=O) groups excluding carboxylic acids is 6. The first-order valence-electron chi connectivity index (χ1n) is 11.5. The minimum Gasteiger partial charge on any atom is -0.505 e. The van der Waals surface area contributed by atoms with Crippen LogP contribution in [0.4, 0.5) is 11.4 Å². The summed E-state index contributed by atoms with van der Waals surface area (Å²) in [5.41, 5.74) is 0.210. The number of anilines is 2. The molecule has 1 aliphatic rings. The van der Waals surface area contributed by atoms with Gasteiger partial charge in [-0.1, -0.05) is 35.3 Å². The smallest absolute Gasteiger partial charge is 0.252 e. The van der Waals surface area contributed by atoms with Gasteiger partial charge in [-0.3, -0.25) is 28.9 Å². The van der Waals surface area contributed by atoms with Gasteiger partial charge in [-0.2, -0.15) is 0 Å². The lowest BCUT2D eigenvalue weighted by molar-refractivity contribution is -0.127. The second kappa shape index (κ2) is 12.7. The third-order valence-electron chi connectivity index (χ3n) is 5.73. The van der Waals surface area contributed by atoms with Crippen LogP contribution in [0, 0.1) is 0 Å². The zero-order valence-corrected chi connectivity index (χ0v) is 22.0. The lowest BCUT2D eigenvalue weighted by Gasteiger charge is -2.25. The van der Waals surface area contributed by atoms with Crippen molar-refractivity contribution < 1.29 is 39.0 Å². The SMILES string of the molecule is CC(=O)C[C@@H](C=O)NC(=O)CN1C(=O)[C@@H](NC(=O)c2cc(Cl)c(O)c(Cl)c2)CN(C(=O)CO)c2ccccc21. The van der Waals surface area contributed by atoms with Gasteiger partial charge in [0, 0.05) is 12.0 Å². The number of hydrogen-bond donors (Lipinski definition) is 4. The molecule has 14 heteroatoms. The molecule has 0 unspecified atom stereocenters. The Hall–Kier alpha value is -4.00. The number of halogens is 2. The highest BCUT2D eigenvalue weighted by Gasteiger charge is 2.37. The van der Waals surface area contributed by atoms with E-state index in [0.29, 0.717) is 6.29 Å². The number of fused-ring (bicyclic) bond motifs is 1. The summed E-state index contributed by atoms with van der Waals surface area (Å²) in [6, 6.07) is 5.83. The topological polar surface area (TPSA) is 173 Å². The van der Waals surface area contributed by atoms with E-state index in [1.807, 2.05) is 0 Å². The molecule has 1 aliphatic heterocycles. The number of aromatic hydroxyl groups is 1. The fraction of sp³-hybridized carbons (Fsp3) is 0.280. The molecule has 2 aromatic carbocycles. The van der Waals surface area contributed by atoms with Crippen molar-refractivity contribution in [2.75, 3.05) is 29.5 Å². The number of aldehydes is 1. The number of phenolic OH excluding ortho intramolecular Hbond substituents is 1. The first kappa shape index (κ1) is 29.6. The molecule has 4 N–H and O–H groups in total. The quantitative estimate of drug-likeness (QED) is 0.316. The van der Waals surface area contributed by atoms with E-state index >= 15 is 0 Å². The second-order valence-electron chi connectivity index (χ2n) is 8.61. The third kappa shape index (κ3) is 6.91. The number of nitrogens with zero attached hydrogens (tertiary/aromatic N) is 2. The van der Waals surface area contributed by atoms with Crippen molar-refractivity contribution in [2.24, 2.45) is 0 Å². The van der Waals surface area contributed by atoms with Crippen molar-refractivity contribution in [1.29, 1.82) is 0 Å². The van der Waals surface area contributed by atoms with Gasteiger partial charge >= 0.3 is 0 Å². The standard InChI is InChI=1S/C25H24Cl2N4O8/c1-13(34)6-15(11-32)28-21(35)10-31-20-5-3-2-4-19(20)30(22(36)12-33)9-18(25(31)39)29-24(38)14-7-16(26)23(37)17(27)8-14/h2-5,7-8,11,15,18,33,37H,6,9-10,12H2,1H3,(H,28,35)(H,29,38)/t15-,18-/m0/s1. The lowest BCUT2D eigenvalue weighted by Crippen LogP contribution is -2.55. The molecule has 2 atom stereocenters. The number of carbonyl (C=O) groups is 6. The monoisotopic (exact) mass is 578 g/mol. The van der Waals surface area contributed by atoms with Gasteiger partial charge in [-0.25, -0.2) is 0 Å². The number of ketones is 1. The van der Waals surface area contributed by atoms with Crippen LogP contribution in [0.1, 0.15) is 23.7 Å². The van der Waals surface area contributed by atoms with Gasteiger partial charge in [-0.15, -0.1) is 0 Å². The summed E-state index contributed by atoms with van der Waals surface area (Å²) in [4.78, 5) is 77.0. The molecule has 2 aromatic rings. The predicted octanol–water partition coefficient (Wildman–Crippen LogP) is 0.832. The van der Waals surface area contributed by atoms with Crippen molar-refractivity contribution in [3.05, 3.63) is 52.0 Å². The molecule has 0 spiro atoms. The van der Waals surface area contributed by atoms with Crippen LogP contribution in [0.2, 0.25) is 10.0 Å². The van der Waals surface area contributed by atoms with Gasteiger partial charge in [0.1, 0.15) is 31.3 Å². The van der Waals surface area contributed by atoms with Crippen LogP contribution < -0.4 is 20.4 Å². The number of rotatable bonds is 9. The minimum atomic E-state index is -1.42. The maximum Gasteiger partial charge on any atom is 0.252 e. The van der Waals surface area contributed by atoms with Crippen molar-refractivity contribution in [2.45, 2.75) is 25.4 Å². The second-order valence-corrected chi connectivity index (χ2v) is 9.42. The van der Waals surface area contributed by atoms with Gasteiger partial charge in [0.15, 0.2) is 5.75 Å². The Kier molecular flexibility index (Phi) is 9.62. The Bertz CT molecular complexity index is 1310. The van der Waals surface area contributed by atoms with Crippen molar-refractivity contribution in [3.8, 4) is 5.75 Å². The number of para-hydroxylation sites is 2. The Morgan fingerprint density at radius 2 is 1.74 bits per heavy atom. The first-order valence-corrected chi connectivity index (χ1v) is 12.3. The molecule has 0 fully saturated rings. The molecule has 3 rings (SSSR count). The average Bonchev–Trinajstić information content (AvgIpc) is 3.01. The number of aliphatic hydroxyl groups excluding tert-OH is 1. The summed E-state index contributed by atoms with van der Waals surface area (Å²) < 4.78 is 0. The van der Waals surface area contributed by atoms with E-state index in [0.717, 1.165) is 21.9 Å². The Morgan fingerprint density at radius 1 is 1.13 bits per heavy atom. The molecule has 0 radical (unpaired) electrons. The van der Waals surface area contributed by atoms with Gasteiger partial charge in [-0.05, 0) is 31.2 Å². The van der Waals surface area contributed by atoms with E-state index in [-0.39, 0.29) is 39.2 Å². The summed E-state index contributed by atoms with van der Waals surface area (Å²) >= 11 is 11.8. The van der Waals surface area contributed by atoms with E-state index in [1.165, 1.54) is 19.1 Å². The van der Waals surface area contributed by atoms with Crippen molar-refractivity contribution in [1.82, 2.24) is 10.6 Å². The number of amides is 4. The van der Waals surface area contributed by atoms with Crippen LogP contribution in [-0.4, -0.2) is 77.7 Å². The van der Waals surface area contributed by atoms with Crippen LogP contribution in [0.3, 0.4) is 0 Å². The molecular formula is C25H24Cl2N4O8. The van der Waals surface area contributed by atoms with Gasteiger partial charge in [0.05, 0.1) is 34.0 Å². The van der Waals surface area contributed by atoms with Crippen molar-refractivity contribution >= 4 is 70.3 Å². The van der Waals surface area contributed by atoms with E-state index in [9.17, 15) is 39.0 Å². The summed E-state index contributed by atoms with van der Waals surface area (Å²) in [5, 5.41) is 23.8.